The van der Waals surface area contributed by atoms with Crippen LogP contribution >= 0.6 is 0 Å². The summed E-state index contributed by atoms with van der Waals surface area (Å²) in [5.74, 6) is 0.609. The standard InChI is InChI=1S/C18H32N2O4/c1-2-17(22)20-15-9-8-14(24-16(15)12-21)10-18(23)19-11-13-6-4-3-5-7-13/h13-16,21H,2-12H2,1H3,(H,19,23)(H,20,22)/t14-,15-,16-/m1/s1. The van der Waals surface area contributed by atoms with Crippen LogP contribution < -0.4 is 10.6 Å². The molecular formula is C18H32N2O4. The summed E-state index contributed by atoms with van der Waals surface area (Å²) in [5, 5.41) is 15.4. The molecule has 6 nitrogen and oxygen atoms in total. The van der Waals surface area contributed by atoms with Gasteiger partial charge in [-0.25, -0.2) is 0 Å². The third-order valence-electron chi connectivity index (χ3n) is 5.19. The molecule has 0 aromatic rings. The van der Waals surface area contributed by atoms with Gasteiger partial charge >= 0.3 is 0 Å². The molecule has 2 aliphatic rings. The fourth-order valence-electron chi connectivity index (χ4n) is 3.68. The molecule has 0 radical (unpaired) electrons. The Morgan fingerprint density at radius 1 is 1.08 bits per heavy atom. The lowest BCUT2D eigenvalue weighted by Crippen LogP contribution is -2.51. The molecule has 3 atom stereocenters. The maximum Gasteiger partial charge on any atom is 0.222 e. The molecule has 1 saturated carbocycles. The maximum atomic E-state index is 12.1. The minimum Gasteiger partial charge on any atom is -0.394 e. The first-order valence-corrected chi connectivity index (χ1v) is 9.44. The van der Waals surface area contributed by atoms with Crippen molar-refractivity contribution in [3.8, 4) is 0 Å². The summed E-state index contributed by atoms with van der Waals surface area (Å²) in [7, 11) is 0. The molecule has 0 aromatic heterocycles. The van der Waals surface area contributed by atoms with E-state index in [1.165, 1.54) is 32.1 Å². The molecule has 0 unspecified atom stereocenters. The summed E-state index contributed by atoms with van der Waals surface area (Å²) in [6, 6.07) is -0.163. The fourth-order valence-corrected chi connectivity index (χ4v) is 3.68. The van der Waals surface area contributed by atoms with Gasteiger partial charge in [-0.3, -0.25) is 9.59 Å². The number of nitrogens with one attached hydrogen (secondary N) is 2. The number of carbonyl (C=O) groups is 2. The predicted molar refractivity (Wildman–Crippen MR) is 91.4 cm³/mol. The third kappa shape index (κ3) is 6.06. The number of carbonyl (C=O) groups excluding carboxylic acids is 2. The van der Waals surface area contributed by atoms with E-state index in [1.54, 1.807) is 6.92 Å². The lowest BCUT2D eigenvalue weighted by molar-refractivity contribution is -0.135. The Kier molecular flexibility index (Phi) is 7.99. The Hall–Kier alpha value is -1.14. The minimum atomic E-state index is -0.426. The lowest BCUT2D eigenvalue weighted by atomic mass is 9.89. The van der Waals surface area contributed by atoms with Gasteiger partial charge in [-0.05, 0) is 31.6 Å². The van der Waals surface area contributed by atoms with Crippen LogP contribution in [0.5, 0.6) is 0 Å². The number of hydrogen-bond acceptors (Lipinski definition) is 4. The topological polar surface area (TPSA) is 87.7 Å². The Balaban J connectivity index is 1.71. The van der Waals surface area contributed by atoms with Gasteiger partial charge in [0.1, 0.15) is 6.10 Å². The van der Waals surface area contributed by atoms with E-state index in [0.717, 1.165) is 19.4 Å². The molecule has 1 aliphatic carbocycles. The predicted octanol–water partition coefficient (Wildman–Crippen LogP) is 1.51. The third-order valence-corrected chi connectivity index (χ3v) is 5.19. The first-order valence-electron chi connectivity index (χ1n) is 9.44. The Labute approximate surface area is 144 Å². The Morgan fingerprint density at radius 2 is 1.83 bits per heavy atom. The van der Waals surface area contributed by atoms with Gasteiger partial charge < -0.3 is 20.5 Å². The van der Waals surface area contributed by atoms with E-state index in [4.69, 9.17) is 4.74 Å². The van der Waals surface area contributed by atoms with E-state index in [-0.39, 0.29) is 30.6 Å². The molecule has 2 amide bonds. The molecule has 0 spiro atoms. The van der Waals surface area contributed by atoms with Crippen LogP contribution in [0, 0.1) is 5.92 Å². The molecule has 1 saturated heterocycles. The van der Waals surface area contributed by atoms with Gasteiger partial charge in [0.15, 0.2) is 0 Å². The minimum absolute atomic E-state index is 0.0262. The second kappa shape index (κ2) is 9.99. The lowest BCUT2D eigenvalue weighted by Gasteiger charge is -2.36. The van der Waals surface area contributed by atoms with Crippen molar-refractivity contribution in [1.29, 1.82) is 0 Å². The highest BCUT2D eigenvalue weighted by Gasteiger charge is 2.32. The highest BCUT2D eigenvalue weighted by atomic mass is 16.5. The SMILES string of the molecule is CCC(=O)N[C@@H]1CC[C@H](CC(=O)NCC2CCCCC2)O[C@@H]1CO. The zero-order valence-electron chi connectivity index (χ0n) is 14.8. The number of ether oxygens (including phenoxy) is 1. The average Bonchev–Trinajstić information content (AvgIpc) is 2.62. The quantitative estimate of drug-likeness (QED) is 0.655. The molecule has 138 valence electrons. The number of aliphatic hydroxyl groups excluding tert-OH is 1. The summed E-state index contributed by atoms with van der Waals surface area (Å²) < 4.78 is 5.83. The first kappa shape index (κ1) is 19.2. The van der Waals surface area contributed by atoms with Crippen molar-refractivity contribution in [3.05, 3.63) is 0 Å². The van der Waals surface area contributed by atoms with Gasteiger partial charge in [-0.1, -0.05) is 26.2 Å². The average molecular weight is 340 g/mol. The van der Waals surface area contributed by atoms with Crippen LogP contribution in [0.1, 0.15) is 64.7 Å². The summed E-state index contributed by atoms with van der Waals surface area (Å²) in [4.78, 5) is 23.7. The van der Waals surface area contributed by atoms with E-state index in [9.17, 15) is 14.7 Å². The van der Waals surface area contributed by atoms with Crippen LogP contribution in [0.2, 0.25) is 0 Å². The van der Waals surface area contributed by atoms with Crippen LogP contribution in [0.15, 0.2) is 0 Å². The van der Waals surface area contributed by atoms with Crippen molar-refractivity contribution in [2.75, 3.05) is 13.2 Å². The zero-order valence-corrected chi connectivity index (χ0v) is 14.8. The monoisotopic (exact) mass is 340 g/mol. The van der Waals surface area contributed by atoms with Gasteiger partial charge in [0.25, 0.3) is 0 Å². The summed E-state index contributed by atoms with van der Waals surface area (Å²) >= 11 is 0. The smallest absolute Gasteiger partial charge is 0.222 e. The van der Waals surface area contributed by atoms with Gasteiger partial charge in [-0.15, -0.1) is 0 Å². The van der Waals surface area contributed by atoms with Crippen molar-refractivity contribution in [3.63, 3.8) is 0 Å². The van der Waals surface area contributed by atoms with Crippen molar-refractivity contribution in [2.45, 2.75) is 83.0 Å². The van der Waals surface area contributed by atoms with Crippen molar-refractivity contribution >= 4 is 11.8 Å². The summed E-state index contributed by atoms with van der Waals surface area (Å²) in [5.41, 5.74) is 0. The molecular weight excluding hydrogens is 308 g/mol. The second-order valence-electron chi connectivity index (χ2n) is 7.10. The first-order chi connectivity index (χ1) is 11.6. The Morgan fingerprint density at radius 3 is 2.50 bits per heavy atom. The van der Waals surface area contributed by atoms with E-state index >= 15 is 0 Å². The molecule has 1 heterocycles. The molecule has 24 heavy (non-hydrogen) atoms. The van der Waals surface area contributed by atoms with Gasteiger partial charge in [-0.2, -0.15) is 0 Å². The van der Waals surface area contributed by atoms with Crippen LogP contribution in [-0.4, -0.2) is 48.3 Å². The van der Waals surface area contributed by atoms with Crippen molar-refractivity contribution in [1.82, 2.24) is 10.6 Å². The van der Waals surface area contributed by atoms with Gasteiger partial charge in [0, 0.05) is 13.0 Å². The Bertz CT molecular complexity index is 410. The van der Waals surface area contributed by atoms with E-state index in [2.05, 4.69) is 10.6 Å². The van der Waals surface area contributed by atoms with E-state index in [1.807, 2.05) is 0 Å². The molecule has 0 aromatic carbocycles. The number of rotatable bonds is 7. The largest absolute Gasteiger partial charge is 0.394 e. The molecule has 2 rings (SSSR count). The van der Waals surface area contributed by atoms with Crippen LogP contribution in [0.25, 0.3) is 0 Å². The number of amides is 2. The maximum absolute atomic E-state index is 12.1. The van der Waals surface area contributed by atoms with Crippen molar-refractivity contribution < 1.29 is 19.4 Å². The highest BCUT2D eigenvalue weighted by Crippen LogP contribution is 2.24. The number of aliphatic hydroxyl groups is 1. The fraction of sp³-hybridized carbons (Fsp3) is 0.889. The molecule has 6 heteroatoms. The van der Waals surface area contributed by atoms with Crippen molar-refractivity contribution in [2.24, 2.45) is 5.92 Å². The molecule has 3 N–H and O–H groups in total. The molecule has 0 bridgehead atoms. The van der Waals surface area contributed by atoms with Crippen LogP contribution in [-0.2, 0) is 14.3 Å². The summed E-state index contributed by atoms with van der Waals surface area (Å²) in [6.45, 7) is 2.42. The molecule has 2 fully saturated rings. The normalized spacial score (nSPS) is 28.3. The molecule has 1 aliphatic heterocycles. The van der Waals surface area contributed by atoms with Gasteiger partial charge in [0.05, 0.1) is 25.2 Å². The van der Waals surface area contributed by atoms with Crippen LogP contribution in [0.3, 0.4) is 0 Å². The van der Waals surface area contributed by atoms with Crippen LogP contribution in [0.4, 0.5) is 0 Å². The van der Waals surface area contributed by atoms with Gasteiger partial charge in [0.2, 0.25) is 11.8 Å². The van der Waals surface area contributed by atoms with E-state index < -0.39 is 6.10 Å². The highest BCUT2D eigenvalue weighted by molar-refractivity contribution is 5.76. The van der Waals surface area contributed by atoms with E-state index in [0.29, 0.717) is 18.8 Å². The second-order valence-corrected chi connectivity index (χ2v) is 7.10. The summed E-state index contributed by atoms with van der Waals surface area (Å²) in [6.07, 6.45) is 7.90. The zero-order chi connectivity index (χ0) is 17.4. The number of hydrogen-bond donors (Lipinski definition) is 3.